The maximum atomic E-state index is 4.35. The summed E-state index contributed by atoms with van der Waals surface area (Å²) in [4.78, 5) is 5.77. The summed E-state index contributed by atoms with van der Waals surface area (Å²) in [5, 5.41) is 3.59. The molecule has 16 heavy (non-hydrogen) atoms. The van der Waals surface area contributed by atoms with Gasteiger partial charge < -0.3 is 5.32 Å². The third-order valence-electron chi connectivity index (χ3n) is 2.97. The lowest BCUT2D eigenvalue weighted by molar-refractivity contribution is 0.398. The van der Waals surface area contributed by atoms with Gasteiger partial charge in [0.05, 0.1) is 11.2 Å². The quantitative estimate of drug-likeness (QED) is 0.781. The van der Waals surface area contributed by atoms with Crippen molar-refractivity contribution >= 4 is 11.3 Å². The molecule has 1 aromatic heterocycles. The second-order valence-corrected chi connectivity index (χ2v) is 5.43. The second kappa shape index (κ2) is 7.02. The van der Waals surface area contributed by atoms with Crippen molar-refractivity contribution in [3.8, 4) is 0 Å². The lowest BCUT2D eigenvalue weighted by Crippen LogP contribution is -2.22. The molecule has 0 amide bonds. The van der Waals surface area contributed by atoms with E-state index in [1.54, 1.807) is 11.3 Å². The van der Waals surface area contributed by atoms with Gasteiger partial charge in [-0.3, -0.25) is 0 Å². The van der Waals surface area contributed by atoms with E-state index in [9.17, 15) is 0 Å². The fraction of sp³-hybridized carbons (Fsp3) is 0.769. The minimum atomic E-state index is 0.499. The normalized spacial score (nSPS) is 15.0. The molecule has 0 aliphatic carbocycles. The molecule has 0 saturated carbocycles. The van der Waals surface area contributed by atoms with Crippen LogP contribution in [0.3, 0.4) is 0 Å². The van der Waals surface area contributed by atoms with E-state index in [-0.39, 0.29) is 0 Å². The Bertz CT molecular complexity index is 296. The summed E-state index contributed by atoms with van der Waals surface area (Å²) in [6, 6.07) is 0.499. The van der Waals surface area contributed by atoms with Crippen molar-refractivity contribution in [2.75, 3.05) is 6.54 Å². The fourth-order valence-electron chi connectivity index (χ4n) is 2.19. The SMILES string of the molecule is CCCC(C)CC(NCC)c1scnc1C. The minimum Gasteiger partial charge on any atom is -0.309 e. The Balaban J connectivity index is 2.64. The van der Waals surface area contributed by atoms with E-state index >= 15 is 0 Å². The van der Waals surface area contributed by atoms with Gasteiger partial charge in [0.15, 0.2) is 0 Å². The molecular formula is C13H24N2S. The molecule has 0 fully saturated rings. The number of thiazole rings is 1. The van der Waals surface area contributed by atoms with Crippen LogP contribution in [0, 0.1) is 12.8 Å². The van der Waals surface area contributed by atoms with Gasteiger partial charge in [0, 0.05) is 10.9 Å². The number of hydrogen-bond acceptors (Lipinski definition) is 3. The van der Waals surface area contributed by atoms with Crippen LogP contribution in [0.5, 0.6) is 0 Å². The highest BCUT2D eigenvalue weighted by Crippen LogP contribution is 2.28. The summed E-state index contributed by atoms with van der Waals surface area (Å²) in [6.07, 6.45) is 3.83. The van der Waals surface area contributed by atoms with Crippen molar-refractivity contribution in [1.82, 2.24) is 10.3 Å². The molecule has 1 rings (SSSR count). The molecule has 0 spiro atoms. The van der Waals surface area contributed by atoms with Gasteiger partial charge in [-0.25, -0.2) is 4.98 Å². The minimum absolute atomic E-state index is 0.499. The van der Waals surface area contributed by atoms with Gasteiger partial charge in [0.1, 0.15) is 0 Å². The topological polar surface area (TPSA) is 24.9 Å². The van der Waals surface area contributed by atoms with Crippen molar-refractivity contribution in [2.45, 2.75) is 53.0 Å². The smallest absolute Gasteiger partial charge is 0.0798 e. The van der Waals surface area contributed by atoms with E-state index in [4.69, 9.17) is 0 Å². The number of nitrogens with zero attached hydrogens (tertiary/aromatic N) is 1. The van der Waals surface area contributed by atoms with Crippen LogP contribution < -0.4 is 5.32 Å². The molecule has 0 bridgehead atoms. The number of aryl methyl sites for hydroxylation is 1. The molecule has 1 aromatic rings. The summed E-state index contributed by atoms with van der Waals surface area (Å²) in [5.41, 5.74) is 3.15. The molecule has 1 heterocycles. The molecule has 3 heteroatoms. The Hall–Kier alpha value is -0.410. The van der Waals surface area contributed by atoms with E-state index in [2.05, 4.69) is 38.0 Å². The third kappa shape index (κ3) is 3.87. The summed E-state index contributed by atoms with van der Waals surface area (Å²) in [7, 11) is 0. The second-order valence-electron chi connectivity index (χ2n) is 4.54. The first-order chi connectivity index (χ1) is 7.69. The highest BCUT2D eigenvalue weighted by molar-refractivity contribution is 7.09. The highest BCUT2D eigenvalue weighted by Gasteiger charge is 2.17. The Labute approximate surface area is 103 Å². The highest BCUT2D eigenvalue weighted by atomic mass is 32.1. The third-order valence-corrected chi connectivity index (χ3v) is 4.01. The number of nitrogens with one attached hydrogen (secondary N) is 1. The van der Waals surface area contributed by atoms with Gasteiger partial charge in [-0.05, 0) is 25.8 Å². The van der Waals surface area contributed by atoms with Gasteiger partial charge in [0.2, 0.25) is 0 Å². The zero-order valence-corrected chi connectivity index (χ0v) is 11.7. The summed E-state index contributed by atoms with van der Waals surface area (Å²) in [6.45, 7) is 9.93. The molecule has 0 aliphatic heterocycles. The lowest BCUT2D eigenvalue weighted by Gasteiger charge is -2.21. The Morgan fingerprint density at radius 1 is 1.44 bits per heavy atom. The van der Waals surface area contributed by atoms with Crippen LogP contribution in [0.4, 0.5) is 0 Å². The standard InChI is InChI=1S/C13H24N2S/c1-5-7-10(3)8-12(14-6-2)13-11(4)15-9-16-13/h9-10,12,14H,5-8H2,1-4H3. The molecule has 0 aliphatic rings. The van der Waals surface area contributed by atoms with Crippen LogP contribution in [0.2, 0.25) is 0 Å². The Morgan fingerprint density at radius 3 is 2.69 bits per heavy atom. The van der Waals surface area contributed by atoms with Crippen LogP contribution in [0.15, 0.2) is 5.51 Å². The van der Waals surface area contributed by atoms with E-state index in [0.717, 1.165) is 12.5 Å². The monoisotopic (exact) mass is 240 g/mol. The Morgan fingerprint density at radius 2 is 2.19 bits per heavy atom. The molecule has 0 radical (unpaired) electrons. The lowest BCUT2D eigenvalue weighted by atomic mass is 9.96. The van der Waals surface area contributed by atoms with Crippen molar-refractivity contribution < 1.29 is 0 Å². The summed E-state index contributed by atoms with van der Waals surface area (Å²) in [5.74, 6) is 0.788. The average Bonchev–Trinajstić information content (AvgIpc) is 2.64. The van der Waals surface area contributed by atoms with Crippen molar-refractivity contribution in [2.24, 2.45) is 5.92 Å². The van der Waals surface area contributed by atoms with Crippen LogP contribution in [0.25, 0.3) is 0 Å². The molecule has 2 atom stereocenters. The largest absolute Gasteiger partial charge is 0.309 e. The van der Waals surface area contributed by atoms with Gasteiger partial charge in [-0.2, -0.15) is 0 Å². The van der Waals surface area contributed by atoms with Crippen molar-refractivity contribution in [3.05, 3.63) is 16.1 Å². The molecule has 2 unspecified atom stereocenters. The first kappa shape index (κ1) is 13.7. The molecule has 92 valence electrons. The molecule has 0 saturated heterocycles. The maximum Gasteiger partial charge on any atom is 0.0798 e. The van der Waals surface area contributed by atoms with E-state index in [1.807, 2.05) is 5.51 Å². The predicted molar refractivity (Wildman–Crippen MR) is 72.0 cm³/mol. The van der Waals surface area contributed by atoms with Gasteiger partial charge in [-0.15, -0.1) is 11.3 Å². The average molecular weight is 240 g/mol. The molecule has 2 nitrogen and oxygen atoms in total. The molecular weight excluding hydrogens is 216 g/mol. The molecule has 0 aromatic carbocycles. The molecule has 1 N–H and O–H groups in total. The zero-order valence-electron chi connectivity index (χ0n) is 10.9. The number of rotatable bonds is 7. The van der Waals surface area contributed by atoms with Crippen LogP contribution >= 0.6 is 11.3 Å². The Kier molecular flexibility index (Phi) is 5.99. The van der Waals surface area contributed by atoms with E-state index in [1.165, 1.54) is 29.8 Å². The van der Waals surface area contributed by atoms with Crippen LogP contribution in [0.1, 0.15) is 56.6 Å². The van der Waals surface area contributed by atoms with Crippen LogP contribution in [-0.2, 0) is 0 Å². The summed E-state index contributed by atoms with van der Waals surface area (Å²) >= 11 is 1.78. The van der Waals surface area contributed by atoms with Crippen LogP contribution in [-0.4, -0.2) is 11.5 Å². The number of hydrogen-bond donors (Lipinski definition) is 1. The van der Waals surface area contributed by atoms with Crippen molar-refractivity contribution in [1.29, 1.82) is 0 Å². The van der Waals surface area contributed by atoms with E-state index < -0.39 is 0 Å². The van der Waals surface area contributed by atoms with Gasteiger partial charge in [0.25, 0.3) is 0 Å². The van der Waals surface area contributed by atoms with E-state index in [0.29, 0.717) is 6.04 Å². The first-order valence-corrected chi connectivity index (χ1v) is 7.20. The predicted octanol–water partition coefficient (Wildman–Crippen LogP) is 3.93. The van der Waals surface area contributed by atoms with Crippen molar-refractivity contribution in [3.63, 3.8) is 0 Å². The first-order valence-electron chi connectivity index (χ1n) is 6.32. The van der Waals surface area contributed by atoms with Gasteiger partial charge >= 0.3 is 0 Å². The maximum absolute atomic E-state index is 4.35. The summed E-state index contributed by atoms with van der Waals surface area (Å²) < 4.78 is 0. The van der Waals surface area contributed by atoms with Gasteiger partial charge in [-0.1, -0.05) is 33.6 Å². The number of aromatic nitrogens is 1. The zero-order chi connectivity index (χ0) is 12.0. The fourth-order valence-corrected chi connectivity index (χ4v) is 3.08.